The number of hydrogen-bond acceptors (Lipinski definition) is 2. The summed E-state index contributed by atoms with van der Waals surface area (Å²) in [7, 11) is 0. The number of nitrogens with zero attached hydrogens (tertiary/aromatic N) is 4. The van der Waals surface area contributed by atoms with Crippen LogP contribution in [-0.2, 0) is 6.18 Å². The highest BCUT2D eigenvalue weighted by molar-refractivity contribution is 6.11. The van der Waals surface area contributed by atoms with Gasteiger partial charge in [-0.05, 0) is 74.8 Å². The van der Waals surface area contributed by atoms with E-state index in [9.17, 15) is 32.5 Å². The van der Waals surface area contributed by atoms with Gasteiger partial charge in [-0.2, -0.15) is 13.2 Å². The fourth-order valence-corrected chi connectivity index (χ4v) is 5.66. The zero-order chi connectivity index (χ0) is 31.7. The van der Waals surface area contributed by atoms with Gasteiger partial charge in [0, 0.05) is 22.3 Å². The third kappa shape index (κ3) is 3.81. The van der Waals surface area contributed by atoms with E-state index in [0.717, 1.165) is 12.1 Å². The lowest BCUT2D eigenvalue weighted by atomic mass is 9.94. The first-order chi connectivity index (χ1) is 21.0. The maximum absolute atomic E-state index is 15.3. The average molecular weight is 594 g/mol. The van der Waals surface area contributed by atoms with Gasteiger partial charge in [-0.25, -0.2) is 37.8 Å². The van der Waals surface area contributed by atoms with E-state index < -0.39 is 63.1 Å². The van der Waals surface area contributed by atoms with E-state index >= 15 is 8.78 Å². The largest absolute Gasteiger partial charge is 0.416 e. The molecule has 2 aliphatic rings. The van der Waals surface area contributed by atoms with Crippen LogP contribution in [0.2, 0.25) is 0 Å². The topological polar surface area (TPSA) is 56.3 Å². The second-order valence-electron chi connectivity index (χ2n) is 9.68. The summed E-state index contributed by atoms with van der Waals surface area (Å²) < 4.78 is 99.4. The Hall–Kier alpha value is -6.17. The highest BCUT2D eigenvalue weighted by Gasteiger charge is 2.39. The van der Waals surface area contributed by atoms with Crippen LogP contribution < -0.4 is 0 Å². The molecule has 0 unspecified atom stereocenters. The standard InChI is InChI=1S/C33H9F7N4/c1-43-23(12-41)25-19-9-15(14-4-3-5-16(8-14)33(38,39)40)6-7-17(19)18-10-21-22(11-20(18)25)27-28(26(21)24(13-42)44-2)30(35)32(37)31(36)29(27)34/h3-11H. The molecule has 0 amide bonds. The summed E-state index contributed by atoms with van der Waals surface area (Å²) in [5.74, 6) is -7.81. The van der Waals surface area contributed by atoms with Gasteiger partial charge in [-0.1, -0.05) is 24.3 Å². The Kier molecular flexibility index (Phi) is 6.16. The molecule has 4 aromatic carbocycles. The fourth-order valence-electron chi connectivity index (χ4n) is 5.66. The predicted octanol–water partition coefficient (Wildman–Crippen LogP) is 9.29. The first-order valence-corrected chi connectivity index (χ1v) is 12.4. The number of allylic oxidation sites excluding steroid dienone is 2. The second-order valence-corrected chi connectivity index (χ2v) is 9.68. The molecule has 44 heavy (non-hydrogen) atoms. The summed E-state index contributed by atoms with van der Waals surface area (Å²) in [5.41, 5.74) is -2.79. The van der Waals surface area contributed by atoms with Gasteiger partial charge in [0.1, 0.15) is 0 Å². The molecule has 0 aromatic heterocycles. The van der Waals surface area contributed by atoms with Gasteiger partial charge in [-0.3, -0.25) is 0 Å². The number of nitriles is 2. The Morgan fingerprint density at radius 2 is 1.14 bits per heavy atom. The van der Waals surface area contributed by atoms with Crippen molar-refractivity contribution in [2.45, 2.75) is 6.18 Å². The summed E-state index contributed by atoms with van der Waals surface area (Å²) in [6.07, 6.45) is -4.61. The minimum Gasteiger partial charge on any atom is -0.226 e. The molecule has 0 radical (unpaired) electrons. The highest BCUT2D eigenvalue weighted by atomic mass is 19.4. The van der Waals surface area contributed by atoms with Crippen LogP contribution in [0.25, 0.3) is 54.2 Å². The molecule has 11 heteroatoms. The van der Waals surface area contributed by atoms with Crippen LogP contribution in [0, 0.1) is 59.1 Å². The van der Waals surface area contributed by atoms with Crippen molar-refractivity contribution in [3.05, 3.63) is 140 Å². The molecule has 6 rings (SSSR count). The molecule has 0 N–H and O–H groups in total. The summed E-state index contributed by atoms with van der Waals surface area (Å²) in [4.78, 5) is 6.36. The van der Waals surface area contributed by atoms with E-state index in [1.807, 2.05) is 0 Å². The van der Waals surface area contributed by atoms with Crippen LogP contribution in [-0.4, -0.2) is 0 Å². The van der Waals surface area contributed by atoms with Gasteiger partial charge in [0.15, 0.2) is 23.3 Å². The minimum atomic E-state index is -4.61. The zero-order valence-corrected chi connectivity index (χ0v) is 21.6. The minimum absolute atomic E-state index is 0.0252. The molecule has 0 saturated heterocycles. The van der Waals surface area contributed by atoms with Crippen molar-refractivity contribution in [2.24, 2.45) is 0 Å². The lowest BCUT2D eigenvalue weighted by Gasteiger charge is -2.11. The van der Waals surface area contributed by atoms with Crippen LogP contribution in [0.15, 0.2) is 66.0 Å². The summed E-state index contributed by atoms with van der Waals surface area (Å²) in [6, 6.07) is 15.0. The Labute approximate surface area is 244 Å². The van der Waals surface area contributed by atoms with Crippen molar-refractivity contribution in [2.75, 3.05) is 0 Å². The molecule has 0 atom stereocenters. The van der Waals surface area contributed by atoms with E-state index in [4.69, 9.17) is 13.1 Å². The molecule has 2 aliphatic carbocycles. The van der Waals surface area contributed by atoms with Gasteiger partial charge >= 0.3 is 6.18 Å². The monoisotopic (exact) mass is 594 g/mol. The third-order valence-electron chi connectivity index (χ3n) is 7.49. The van der Waals surface area contributed by atoms with Crippen LogP contribution in [0.4, 0.5) is 30.7 Å². The summed E-state index contributed by atoms with van der Waals surface area (Å²) in [6.45, 7) is 15.0. The van der Waals surface area contributed by atoms with Gasteiger partial charge in [0.05, 0.1) is 30.8 Å². The molecule has 0 fully saturated rings. The molecule has 0 aliphatic heterocycles. The predicted molar refractivity (Wildman–Crippen MR) is 144 cm³/mol. The Morgan fingerprint density at radius 3 is 1.75 bits per heavy atom. The molecular formula is C33H9F7N4. The van der Waals surface area contributed by atoms with E-state index in [1.165, 1.54) is 42.5 Å². The van der Waals surface area contributed by atoms with Crippen molar-refractivity contribution >= 4 is 11.1 Å². The van der Waals surface area contributed by atoms with E-state index in [2.05, 4.69) is 9.69 Å². The Bertz CT molecular complexity index is 2220. The zero-order valence-electron chi connectivity index (χ0n) is 21.6. The lowest BCUT2D eigenvalue weighted by molar-refractivity contribution is -0.137. The number of hydrogen-bond donors (Lipinski definition) is 0. The molecule has 210 valence electrons. The second kappa shape index (κ2) is 9.70. The fraction of sp³-hybridized carbons (Fsp3) is 0.0303. The van der Waals surface area contributed by atoms with Crippen LogP contribution in [0.1, 0.15) is 27.8 Å². The first-order valence-electron chi connectivity index (χ1n) is 12.4. The first kappa shape index (κ1) is 28.0. The van der Waals surface area contributed by atoms with Crippen molar-refractivity contribution in [3.63, 3.8) is 0 Å². The van der Waals surface area contributed by atoms with Gasteiger partial charge in [-0.15, -0.1) is 0 Å². The number of benzene rings is 4. The SMILES string of the molecule is [C-]#[N+]C(C#N)=C1c2cc(-c3cccc(C(F)(F)F)c3)ccc2-c2cc3c(cc21)-c1c(F)c(F)c(F)c(F)c1C3=C(C#N)[N+]#[C-]. The highest BCUT2D eigenvalue weighted by Crippen LogP contribution is 2.55. The van der Waals surface area contributed by atoms with Crippen molar-refractivity contribution < 1.29 is 30.7 Å². The van der Waals surface area contributed by atoms with Crippen molar-refractivity contribution in [1.82, 2.24) is 0 Å². The number of alkyl halides is 3. The van der Waals surface area contributed by atoms with Crippen LogP contribution >= 0.6 is 0 Å². The molecule has 4 nitrogen and oxygen atoms in total. The van der Waals surface area contributed by atoms with Gasteiger partial charge in [0.2, 0.25) is 0 Å². The quantitative estimate of drug-likeness (QED) is 0.0627. The van der Waals surface area contributed by atoms with Gasteiger partial charge in [0.25, 0.3) is 11.4 Å². The normalized spacial score (nSPS) is 14.7. The van der Waals surface area contributed by atoms with Crippen molar-refractivity contribution in [3.8, 4) is 45.5 Å². The summed E-state index contributed by atoms with van der Waals surface area (Å²) >= 11 is 0. The number of rotatable bonds is 1. The van der Waals surface area contributed by atoms with Crippen LogP contribution in [0.3, 0.4) is 0 Å². The molecular weight excluding hydrogens is 585 g/mol. The Morgan fingerprint density at radius 1 is 0.591 bits per heavy atom. The third-order valence-corrected chi connectivity index (χ3v) is 7.49. The molecule has 0 saturated carbocycles. The van der Waals surface area contributed by atoms with Crippen molar-refractivity contribution in [1.29, 1.82) is 10.5 Å². The summed E-state index contributed by atoms with van der Waals surface area (Å²) in [5, 5.41) is 19.4. The molecule has 0 heterocycles. The van der Waals surface area contributed by atoms with E-state index in [0.29, 0.717) is 11.1 Å². The number of halogens is 7. The lowest BCUT2D eigenvalue weighted by Crippen LogP contribution is -2.04. The Balaban J connectivity index is 1.68. The molecule has 0 bridgehead atoms. The smallest absolute Gasteiger partial charge is 0.226 e. The van der Waals surface area contributed by atoms with Crippen LogP contribution in [0.5, 0.6) is 0 Å². The average Bonchev–Trinajstić information content (AvgIpc) is 3.51. The van der Waals surface area contributed by atoms with Gasteiger partial charge < -0.3 is 0 Å². The van der Waals surface area contributed by atoms with E-state index in [1.54, 1.807) is 12.1 Å². The number of fused-ring (bicyclic) bond motifs is 6. The molecule has 4 aromatic rings. The van der Waals surface area contributed by atoms with E-state index in [-0.39, 0.29) is 39.0 Å². The maximum atomic E-state index is 15.3. The maximum Gasteiger partial charge on any atom is 0.416 e. The molecule has 0 spiro atoms.